The molecule has 5 heterocycles. The highest BCUT2D eigenvalue weighted by Gasteiger charge is 2.44. The molecule has 3 atom stereocenters. The molecule has 3 amide bonds. The molecule has 0 spiro atoms. The van der Waals surface area contributed by atoms with Crippen LogP contribution in [0, 0.1) is 17.8 Å². The number of fused-ring (bicyclic) bond motifs is 3. The third kappa shape index (κ3) is 8.23. The van der Waals surface area contributed by atoms with Crippen molar-refractivity contribution in [1.82, 2.24) is 30.2 Å². The van der Waals surface area contributed by atoms with Gasteiger partial charge in [0.2, 0.25) is 18.6 Å². The number of nitrogens with one attached hydrogen (secondary N) is 2. The zero-order valence-electron chi connectivity index (χ0n) is 34.6. The van der Waals surface area contributed by atoms with E-state index >= 15 is 0 Å². The van der Waals surface area contributed by atoms with Crippen molar-refractivity contribution in [3.63, 3.8) is 0 Å². The number of carbonyl (C=O) groups is 3. The van der Waals surface area contributed by atoms with Gasteiger partial charge in [-0.05, 0) is 93.2 Å². The first-order chi connectivity index (χ1) is 29.8. The van der Waals surface area contributed by atoms with Crippen LogP contribution in [0.25, 0.3) is 22.3 Å². The summed E-state index contributed by atoms with van der Waals surface area (Å²) in [6.45, 7) is 1.50. The molecule has 0 radical (unpaired) electrons. The number of likely N-dealkylation sites (tertiary alicyclic amines) is 1. The average molecular weight is 854 g/mol. The minimum absolute atomic E-state index is 0.0392. The first-order valence-corrected chi connectivity index (χ1v) is 22.5. The Hall–Kier alpha value is -5.71. The monoisotopic (exact) mass is 853 g/mol. The molecule has 0 unspecified atom stereocenters. The summed E-state index contributed by atoms with van der Waals surface area (Å²) < 4.78 is 34.7. The van der Waals surface area contributed by atoms with E-state index in [1.807, 2.05) is 36.6 Å². The van der Waals surface area contributed by atoms with Crippen LogP contribution >= 0.6 is 11.8 Å². The van der Waals surface area contributed by atoms with Crippen LogP contribution in [0.15, 0.2) is 48.0 Å². The average Bonchev–Trinajstić information content (AvgIpc) is 3.85. The molecule has 2 N–H and O–H groups in total. The summed E-state index contributed by atoms with van der Waals surface area (Å²) in [5, 5.41) is 9.61. The lowest BCUT2D eigenvalue weighted by atomic mass is 9.73. The predicted molar refractivity (Wildman–Crippen MR) is 228 cm³/mol. The van der Waals surface area contributed by atoms with E-state index in [0.717, 1.165) is 49.8 Å². The predicted octanol–water partition coefficient (Wildman–Crippen LogP) is 6.41. The molecule has 1 saturated heterocycles. The Kier molecular flexibility index (Phi) is 11.8. The molecule has 2 aliphatic carbocycles. The number of aromatic nitrogens is 3. The first kappa shape index (κ1) is 40.7. The van der Waals surface area contributed by atoms with E-state index in [2.05, 4.69) is 20.3 Å². The number of amides is 3. The van der Waals surface area contributed by atoms with Gasteiger partial charge >= 0.3 is 6.09 Å². The largest absolute Gasteiger partial charge is 0.493 e. The van der Waals surface area contributed by atoms with Crippen LogP contribution in [0.2, 0.25) is 0 Å². The maximum atomic E-state index is 14.1. The second kappa shape index (κ2) is 17.7. The molecule has 4 aromatic rings. The molecule has 0 bridgehead atoms. The maximum Gasteiger partial charge on any atom is 0.413 e. The van der Waals surface area contributed by atoms with E-state index in [0.29, 0.717) is 102 Å². The topological polar surface area (TPSA) is 179 Å². The highest BCUT2D eigenvalue weighted by Crippen LogP contribution is 2.49. The second-order valence-corrected chi connectivity index (χ2v) is 17.2. The van der Waals surface area contributed by atoms with Crippen LogP contribution in [-0.2, 0) is 9.59 Å². The number of nitrogens with zero attached hydrogens (tertiary/aromatic N) is 5. The summed E-state index contributed by atoms with van der Waals surface area (Å²) >= 11 is 1.59. The van der Waals surface area contributed by atoms with Crippen LogP contribution < -0.4 is 33.7 Å². The number of methoxy groups -OCH3 is 2. The maximum absolute atomic E-state index is 14.1. The van der Waals surface area contributed by atoms with Gasteiger partial charge in [-0.15, -0.1) is 0 Å². The standard InChI is InChI=1S/C44H51N7O9S/c1-55-31-11-10-26(20-34(31)56-2)37-28-6-4-5-7-29(28)42(52)51(49-37)27-14-17-50(18-15-27)43(53)30(16-19-61-3)48-44(54)60-35-21-45-40-38(35)46-23-47-39(40)36-32(57-22-25-8-9-25)12-13-33-41(36)59-24-58-33/h10-13,20-21,23,25,27-30,45H,4-9,14-19,22,24H2,1-3H3,(H,48,54)/t28-,29+,30+/m0/s1. The van der Waals surface area contributed by atoms with Crippen molar-refractivity contribution in [3.8, 4) is 45.8 Å². The van der Waals surface area contributed by atoms with Gasteiger partial charge in [-0.1, -0.05) is 12.8 Å². The summed E-state index contributed by atoms with van der Waals surface area (Å²) in [5.74, 6) is 4.09. The molecule has 17 heteroatoms. The Morgan fingerprint density at radius 2 is 1.74 bits per heavy atom. The third-order valence-corrected chi connectivity index (χ3v) is 13.1. The van der Waals surface area contributed by atoms with Crippen molar-refractivity contribution in [3.05, 3.63) is 48.4 Å². The van der Waals surface area contributed by atoms with Gasteiger partial charge in [-0.25, -0.2) is 19.8 Å². The summed E-state index contributed by atoms with van der Waals surface area (Å²) in [6, 6.07) is 8.50. The highest BCUT2D eigenvalue weighted by atomic mass is 32.2. The number of hydrogen-bond donors (Lipinski definition) is 2. The molecular formula is C44H51N7O9S. The fraction of sp³-hybridized carbons (Fsp3) is 0.500. The second-order valence-electron chi connectivity index (χ2n) is 16.2. The first-order valence-electron chi connectivity index (χ1n) is 21.1. The molecule has 61 heavy (non-hydrogen) atoms. The molecule has 3 aliphatic heterocycles. The number of piperidine rings is 1. The highest BCUT2D eigenvalue weighted by molar-refractivity contribution is 7.98. The van der Waals surface area contributed by atoms with E-state index < -0.39 is 12.1 Å². The summed E-state index contributed by atoms with van der Waals surface area (Å²) in [6.07, 6.45) is 11.7. The van der Waals surface area contributed by atoms with Crippen molar-refractivity contribution >= 4 is 46.4 Å². The van der Waals surface area contributed by atoms with Gasteiger partial charge in [0.25, 0.3) is 0 Å². The summed E-state index contributed by atoms with van der Waals surface area (Å²) in [5.41, 5.74) is 3.85. The normalized spacial score (nSPS) is 20.5. The SMILES string of the molecule is COc1ccc(C2=NN(C3CCN(C(=O)[C@@H](CCSC)NC(=O)Oc4c[nH]c5c(-c6c(OCC7CC7)ccc7c6OCO7)ncnc45)CC3)C(=O)[C@@H]3CCCC[C@H]23)cc1OC. The number of hydrogen-bond acceptors (Lipinski definition) is 13. The van der Waals surface area contributed by atoms with Gasteiger partial charge in [-0.3, -0.25) is 9.59 Å². The molecule has 2 aromatic heterocycles. The molecule has 2 aromatic carbocycles. The van der Waals surface area contributed by atoms with E-state index in [9.17, 15) is 14.4 Å². The number of hydrazone groups is 1. The van der Waals surface area contributed by atoms with Crippen molar-refractivity contribution in [2.45, 2.75) is 69.9 Å². The van der Waals surface area contributed by atoms with E-state index in [1.54, 1.807) is 42.1 Å². The van der Waals surface area contributed by atoms with Gasteiger partial charge in [0, 0.05) is 36.7 Å². The van der Waals surface area contributed by atoms with Crippen LogP contribution in [0.4, 0.5) is 4.79 Å². The molecule has 16 nitrogen and oxygen atoms in total. The zero-order valence-corrected chi connectivity index (χ0v) is 35.5. The van der Waals surface area contributed by atoms with Crippen LogP contribution in [0.5, 0.6) is 34.5 Å². The molecule has 2 saturated carbocycles. The van der Waals surface area contributed by atoms with Crippen molar-refractivity contribution in [2.75, 3.05) is 52.7 Å². The zero-order chi connectivity index (χ0) is 42.0. The van der Waals surface area contributed by atoms with Crippen molar-refractivity contribution < 1.29 is 42.8 Å². The third-order valence-electron chi connectivity index (χ3n) is 12.4. The quantitative estimate of drug-likeness (QED) is 0.143. The van der Waals surface area contributed by atoms with E-state index in [-0.39, 0.29) is 42.2 Å². The van der Waals surface area contributed by atoms with Crippen molar-refractivity contribution in [2.24, 2.45) is 22.9 Å². The van der Waals surface area contributed by atoms with Gasteiger partial charge in [0.15, 0.2) is 28.7 Å². The Labute approximate surface area is 358 Å². The van der Waals surface area contributed by atoms with Gasteiger partial charge in [0.05, 0.1) is 43.7 Å². The number of benzene rings is 2. The van der Waals surface area contributed by atoms with Gasteiger partial charge in [-0.2, -0.15) is 16.9 Å². The Morgan fingerprint density at radius 1 is 0.951 bits per heavy atom. The number of ether oxygens (including phenoxy) is 6. The van der Waals surface area contributed by atoms with Crippen LogP contribution in [0.3, 0.4) is 0 Å². The number of aromatic amines is 1. The minimum Gasteiger partial charge on any atom is -0.493 e. The summed E-state index contributed by atoms with van der Waals surface area (Å²) in [7, 11) is 3.22. The lowest BCUT2D eigenvalue weighted by Gasteiger charge is -2.43. The van der Waals surface area contributed by atoms with Crippen LogP contribution in [0.1, 0.15) is 63.4 Å². The Balaban J connectivity index is 0.884. The fourth-order valence-electron chi connectivity index (χ4n) is 8.98. The molecular weight excluding hydrogens is 803 g/mol. The molecule has 5 aliphatic rings. The van der Waals surface area contributed by atoms with E-state index in [4.69, 9.17) is 33.5 Å². The molecule has 322 valence electrons. The van der Waals surface area contributed by atoms with Gasteiger partial charge in [0.1, 0.15) is 29.3 Å². The van der Waals surface area contributed by atoms with Gasteiger partial charge < -0.3 is 43.6 Å². The number of rotatable bonds is 14. The van der Waals surface area contributed by atoms with Crippen molar-refractivity contribution in [1.29, 1.82) is 0 Å². The Bertz CT molecular complexity index is 2330. The number of thioether (sulfide) groups is 1. The molecule has 9 rings (SSSR count). The van der Waals surface area contributed by atoms with Crippen LogP contribution in [-0.4, -0.2) is 113 Å². The lowest BCUT2D eigenvalue weighted by Crippen LogP contribution is -2.55. The minimum atomic E-state index is -0.823. The summed E-state index contributed by atoms with van der Waals surface area (Å²) in [4.78, 5) is 55.7. The smallest absolute Gasteiger partial charge is 0.413 e. The van der Waals surface area contributed by atoms with E-state index in [1.165, 1.54) is 6.33 Å². The number of carbonyl (C=O) groups excluding carboxylic acids is 3. The molecule has 3 fully saturated rings. The Morgan fingerprint density at radius 3 is 2.51 bits per heavy atom. The lowest BCUT2D eigenvalue weighted by molar-refractivity contribution is -0.143. The number of H-pyrrole nitrogens is 1. The fourth-order valence-corrected chi connectivity index (χ4v) is 9.45.